The van der Waals surface area contributed by atoms with E-state index < -0.39 is 35.3 Å². The highest BCUT2D eigenvalue weighted by Gasteiger charge is 2.39. The van der Waals surface area contributed by atoms with E-state index in [0.29, 0.717) is 16.5 Å². The zero-order valence-electron chi connectivity index (χ0n) is 11.2. The standard InChI is InChI=1S/C14H12F3NO3S/c15-14(16,17)7-10(19)8-18-11-5-1-3-9-4-2-6-12(13(9)11)22(18,20)21/h1-6,10,19H,7-8H2/t10-/m1/s1. The summed E-state index contributed by atoms with van der Waals surface area (Å²) in [5, 5.41) is 10.7. The molecule has 1 N–H and O–H groups in total. The fraction of sp³-hybridized carbons (Fsp3) is 0.286. The molecule has 0 aliphatic carbocycles. The fourth-order valence-corrected chi connectivity index (χ4v) is 4.43. The summed E-state index contributed by atoms with van der Waals surface area (Å²) in [6.07, 6.45) is -7.83. The number of hydrogen-bond donors (Lipinski definition) is 1. The summed E-state index contributed by atoms with van der Waals surface area (Å²) < 4.78 is 62.9. The Bertz CT molecular complexity index is 828. The van der Waals surface area contributed by atoms with Crippen LogP contribution in [0.25, 0.3) is 10.8 Å². The van der Waals surface area contributed by atoms with Crippen LogP contribution in [0, 0.1) is 0 Å². The molecule has 1 aliphatic heterocycles. The average Bonchev–Trinajstić information content (AvgIpc) is 2.61. The first kappa shape index (κ1) is 15.1. The lowest BCUT2D eigenvalue weighted by Crippen LogP contribution is -2.37. The van der Waals surface area contributed by atoms with Gasteiger partial charge in [0.25, 0.3) is 10.0 Å². The molecule has 0 aromatic heterocycles. The van der Waals surface area contributed by atoms with Gasteiger partial charge < -0.3 is 5.11 Å². The van der Waals surface area contributed by atoms with Crippen LogP contribution in [0.1, 0.15) is 6.42 Å². The number of benzene rings is 2. The summed E-state index contributed by atoms with van der Waals surface area (Å²) in [6.45, 7) is -0.629. The second-order valence-corrected chi connectivity index (χ2v) is 6.97. The number of alkyl halides is 3. The van der Waals surface area contributed by atoms with Gasteiger partial charge in [0.05, 0.1) is 29.7 Å². The van der Waals surface area contributed by atoms with E-state index in [-0.39, 0.29) is 4.90 Å². The van der Waals surface area contributed by atoms with Crippen LogP contribution in [0.3, 0.4) is 0 Å². The van der Waals surface area contributed by atoms with Crippen molar-refractivity contribution in [3.8, 4) is 0 Å². The van der Waals surface area contributed by atoms with E-state index in [1.807, 2.05) is 0 Å². The predicted octanol–water partition coefficient (Wildman–Crippen LogP) is 2.66. The second-order valence-electron chi connectivity index (χ2n) is 5.14. The highest BCUT2D eigenvalue weighted by atomic mass is 32.2. The maximum atomic E-state index is 12.5. The molecular formula is C14H12F3NO3S. The van der Waals surface area contributed by atoms with Crippen LogP contribution >= 0.6 is 0 Å². The van der Waals surface area contributed by atoms with Gasteiger partial charge in [0.1, 0.15) is 0 Å². The number of rotatable bonds is 3. The lowest BCUT2D eigenvalue weighted by atomic mass is 10.1. The Morgan fingerprint density at radius 1 is 1.14 bits per heavy atom. The van der Waals surface area contributed by atoms with E-state index in [4.69, 9.17) is 0 Å². The molecule has 8 heteroatoms. The van der Waals surface area contributed by atoms with Crippen LogP contribution < -0.4 is 4.31 Å². The molecule has 0 saturated carbocycles. The summed E-state index contributed by atoms with van der Waals surface area (Å²) in [4.78, 5) is 0.0554. The minimum absolute atomic E-state index is 0.0554. The van der Waals surface area contributed by atoms with E-state index in [0.717, 1.165) is 4.31 Å². The first-order valence-electron chi connectivity index (χ1n) is 6.49. The molecule has 0 fully saturated rings. The van der Waals surface area contributed by atoms with Crippen molar-refractivity contribution in [3.05, 3.63) is 36.4 Å². The van der Waals surface area contributed by atoms with Crippen molar-refractivity contribution >= 4 is 26.5 Å². The molecule has 2 aromatic rings. The molecule has 2 aromatic carbocycles. The van der Waals surface area contributed by atoms with E-state index in [9.17, 15) is 26.7 Å². The number of halogens is 3. The van der Waals surface area contributed by atoms with Gasteiger partial charge in [-0.15, -0.1) is 0 Å². The van der Waals surface area contributed by atoms with Crippen molar-refractivity contribution in [2.75, 3.05) is 10.8 Å². The highest BCUT2D eigenvalue weighted by molar-refractivity contribution is 7.93. The van der Waals surface area contributed by atoms with E-state index >= 15 is 0 Å². The van der Waals surface area contributed by atoms with Gasteiger partial charge >= 0.3 is 6.18 Å². The Morgan fingerprint density at radius 3 is 2.41 bits per heavy atom. The van der Waals surface area contributed by atoms with Crippen LogP contribution in [-0.2, 0) is 10.0 Å². The molecule has 22 heavy (non-hydrogen) atoms. The Labute approximate surface area is 124 Å². The number of hydrogen-bond acceptors (Lipinski definition) is 3. The number of anilines is 1. The monoisotopic (exact) mass is 331 g/mol. The third-order valence-electron chi connectivity index (χ3n) is 3.52. The van der Waals surface area contributed by atoms with Crippen LogP contribution in [0.2, 0.25) is 0 Å². The molecule has 4 nitrogen and oxygen atoms in total. The highest BCUT2D eigenvalue weighted by Crippen LogP contribution is 2.42. The number of aliphatic hydroxyl groups excluding tert-OH is 1. The topological polar surface area (TPSA) is 57.6 Å². The molecule has 1 heterocycles. The van der Waals surface area contributed by atoms with Crippen LogP contribution in [0.4, 0.5) is 18.9 Å². The minimum atomic E-state index is -4.55. The van der Waals surface area contributed by atoms with E-state index in [1.54, 1.807) is 24.3 Å². The van der Waals surface area contributed by atoms with Crippen molar-refractivity contribution in [2.24, 2.45) is 0 Å². The van der Waals surface area contributed by atoms with E-state index in [2.05, 4.69) is 0 Å². The molecule has 0 radical (unpaired) electrons. The first-order chi connectivity index (χ1) is 10.2. The second kappa shape index (κ2) is 4.85. The number of aliphatic hydroxyl groups is 1. The van der Waals surface area contributed by atoms with Gasteiger partial charge in [-0.05, 0) is 17.5 Å². The SMILES string of the molecule is O=S1(=O)c2cccc3cccc(c23)N1C[C@H](O)CC(F)(F)F. The normalized spacial score (nSPS) is 17.9. The van der Waals surface area contributed by atoms with Crippen molar-refractivity contribution in [2.45, 2.75) is 23.6 Å². The number of sulfonamides is 1. The van der Waals surface area contributed by atoms with Gasteiger partial charge in [-0.3, -0.25) is 4.31 Å². The van der Waals surface area contributed by atoms with Crippen LogP contribution in [0.15, 0.2) is 41.3 Å². The smallest absolute Gasteiger partial charge is 0.391 e. The molecule has 0 saturated heterocycles. The van der Waals surface area contributed by atoms with Gasteiger partial charge in [0, 0.05) is 5.39 Å². The van der Waals surface area contributed by atoms with Gasteiger partial charge in [0.15, 0.2) is 0 Å². The van der Waals surface area contributed by atoms with Gasteiger partial charge in [-0.25, -0.2) is 8.42 Å². The maximum absolute atomic E-state index is 12.5. The molecule has 0 bridgehead atoms. The van der Waals surface area contributed by atoms with Crippen molar-refractivity contribution in [1.82, 2.24) is 0 Å². The first-order valence-corrected chi connectivity index (χ1v) is 7.93. The summed E-state index contributed by atoms with van der Waals surface area (Å²) in [5.74, 6) is 0. The molecule has 1 atom stereocenters. The van der Waals surface area contributed by atoms with Crippen LogP contribution in [-0.4, -0.2) is 32.3 Å². The lowest BCUT2D eigenvalue weighted by Gasteiger charge is -2.22. The quantitative estimate of drug-likeness (QED) is 0.941. The molecule has 0 unspecified atom stereocenters. The van der Waals surface area contributed by atoms with Crippen molar-refractivity contribution < 1.29 is 26.7 Å². The summed E-state index contributed by atoms with van der Waals surface area (Å²) in [5.41, 5.74) is 0.300. The lowest BCUT2D eigenvalue weighted by molar-refractivity contribution is -0.152. The Hall–Kier alpha value is -1.80. The Balaban J connectivity index is 2.03. The third kappa shape index (κ3) is 2.42. The third-order valence-corrected chi connectivity index (χ3v) is 5.35. The zero-order valence-corrected chi connectivity index (χ0v) is 12.0. The van der Waals surface area contributed by atoms with Crippen LogP contribution in [0.5, 0.6) is 0 Å². The van der Waals surface area contributed by atoms with Gasteiger partial charge in [-0.2, -0.15) is 13.2 Å². The number of β-amino-alcohol motifs (C(OH)–C–C–N with tert-alkyl or cyclic N) is 1. The van der Waals surface area contributed by atoms with Crippen molar-refractivity contribution in [3.63, 3.8) is 0 Å². The largest absolute Gasteiger partial charge is 0.391 e. The molecule has 0 amide bonds. The number of nitrogens with zero attached hydrogens (tertiary/aromatic N) is 1. The summed E-state index contributed by atoms with van der Waals surface area (Å²) in [6, 6.07) is 9.61. The average molecular weight is 331 g/mol. The zero-order chi connectivity index (χ0) is 16.1. The molecular weight excluding hydrogens is 319 g/mol. The fourth-order valence-electron chi connectivity index (χ4n) is 2.68. The Kier molecular flexibility index (Phi) is 3.33. The maximum Gasteiger partial charge on any atom is 0.391 e. The summed E-state index contributed by atoms with van der Waals surface area (Å²) >= 11 is 0. The predicted molar refractivity (Wildman–Crippen MR) is 75.2 cm³/mol. The molecule has 1 aliphatic rings. The molecule has 0 spiro atoms. The Morgan fingerprint density at radius 2 is 1.77 bits per heavy atom. The van der Waals surface area contributed by atoms with E-state index in [1.165, 1.54) is 12.1 Å². The van der Waals surface area contributed by atoms with Gasteiger partial charge in [0.2, 0.25) is 0 Å². The van der Waals surface area contributed by atoms with Gasteiger partial charge in [-0.1, -0.05) is 24.3 Å². The molecule has 118 valence electrons. The molecule has 3 rings (SSSR count). The summed E-state index contributed by atoms with van der Waals surface area (Å²) in [7, 11) is -3.94. The minimum Gasteiger partial charge on any atom is -0.391 e. The van der Waals surface area contributed by atoms with Crippen molar-refractivity contribution in [1.29, 1.82) is 0 Å².